The molecule has 2 aromatic carbocycles. The maximum absolute atomic E-state index is 13.0. The van der Waals surface area contributed by atoms with Crippen LogP contribution >= 0.6 is 28.1 Å². The van der Waals surface area contributed by atoms with E-state index in [2.05, 4.69) is 35.1 Å². The first-order chi connectivity index (χ1) is 13.3. The van der Waals surface area contributed by atoms with Gasteiger partial charge in [0.15, 0.2) is 5.11 Å². The van der Waals surface area contributed by atoms with E-state index in [0.29, 0.717) is 18.2 Å². The number of benzene rings is 2. The van der Waals surface area contributed by atoms with Crippen molar-refractivity contribution in [1.29, 1.82) is 0 Å². The quantitative estimate of drug-likeness (QED) is 0.411. The van der Waals surface area contributed by atoms with Crippen LogP contribution in [0.1, 0.15) is 19.4 Å². The molecule has 3 rings (SSSR count). The van der Waals surface area contributed by atoms with E-state index in [-0.39, 0.29) is 10.7 Å². The number of carbonyl (C=O) groups is 2. The Morgan fingerprint density at radius 1 is 1.18 bits per heavy atom. The summed E-state index contributed by atoms with van der Waals surface area (Å²) in [5.41, 5.74) is 1.31. The summed E-state index contributed by atoms with van der Waals surface area (Å²) in [6.45, 7) is 4.78. The minimum atomic E-state index is -0.513. The highest BCUT2D eigenvalue weighted by molar-refractivity contribution is 9.10. The molecule has 0 spiro atoms. The SMILES string of the molecule is CC(C)COc1ccc(/C=C2\C(=O)NC(=S)N(c3cccc(Br)c3)C2=O)cc1. The van der Waals surface area contributed by atoms with Crippen LogP contribution in [0, 0.1) is 5.92 Å². The largest absolute Gasteiger partial charge is 0.493 e. The summed E-state index contributed by atoms with van der Waals surface area (Å²) < 4.78 is 6.46. The van der Waals surface area contributed by atoms with Gasteiger partial charge < -0.3 is 4.74 Å². The topological polar surface area (TPSA) is 58.6 Å². The lowest BCUT2D eigenvalue weighted by atomic mass is 10.1. The lowest BCUT2D eigenvalue weighted by Crippen LogP contribution is -2.54. The smallest absolute Gasteiger partial charge is 0.270 e. The molecule has 1 fully saturated rings. The first kappa shape index (κ1) is 20.2. The van der Waals surface area contributed by atoms with Crippen LogP contribution < -0.4 is 15.0 Å². The molecule has 7 heteroatoms. The van der Waals surface area contributed by atoms with E-state index in [0.717, 1.165) is 15.8 Å². The van der Waals surface area contributed by atoms with Crippen molar-refractivity contribution in [3.63, 3.8) is 0 Å². The minimum Gasteiger partial charge on any atom is -0.493 e. The number of nitrogens with zero attached hydrogens (tertiary/aromatic N) is 1. The monoisotopic (exact) mass is 458 g/mol. The molecule has 1 saturated heterocycles. The number of amides is 2. The fourth-order valence-corrected chi connectivity index (χ4v) is 3.27. The Hall–Kier alpha value is -2.51. The van der Waals surface area contributed by atoms with Crippen LogP contribution in [0.15, 0.2) is 58.6 Å². The number of halogens is 1. The number of ether oxygens (including phenoxy) is 1. The summed E-state index contributed by atoms with van der Waals surface area (Å²) in [6.07, 6.45) is 1.55. The van der Waals surface area contributed by atoms with Crippen molar-refractivity contribution in [2.75, 3.05) is 11.5 Å². The number of hydrogen-bond donors (Lipinski definition) is 1. The van der Waals surface area contributed by atoms with Gasteiger partial charge >= 0.3 is 0 Å². The second kappa shape index (κ2) is 8.67. The van der Waals surface area contributed by atoms with Gasteiger partial charge in [0.25, 0.3) is 11.8 Å². The molecule has 28 heavy (non-hydrogen) atoms. The van der Waals surface area contributed by atoms with E-state index in [9.17, 15) is 9.59 Å². The van der Waals surface area contributed by atoms with Gasteiger partial charge in [-0.15, -0.1) is 0 Å². The first-order valence-corrected chi connectivity index (χ1v) is 9.95. The molecule has 0 radical (unpaired) electrons. The van der Waals surface area contributed by atoms with Crippen LogP contribution in [-0.4, -0.2) is 23.5 Å². The number of thiocarbonyl (C=S) groups is 1. The average molecular weight is 459 g/mol. The minimum absolute atomic E-state index is 0.0180. The lowest BCUT2D eigenvalue weighted by molar-refractivity contribution is -0.122. The van der Waals surface area contributed by atoms with E-state index in [4.69, 9.17) is 17.0 Å². The molecule has 1 aliphatic heterocycles. The Balaban J connectivity index is 1.86. The van der Waals surface area contributed by atoms with Crippen molar-refractivity contribution in [3.05, 3.63) is 64.1 Å². The summed E-state index contributed by atoms with van der Waals surface area (Å²) in [6, 6.07) is 14.4. The summed E-state index contributed by atoms with van der Waals surface area (Å²) in [5.74, 6) is 0.193. The Morgan fingerprint density at radius 2 is 1.89 bits per heavy atom. The average Bonchev–Trinajstić information content (AvgIpc) is 2.64. The van der Waals surface area contributed by atoms with Crippen LogP contribution in [-0.2, 0) is 9.59 Å². The van der Waals surface area contributed by atoms with E-state index in [1.165, 1.54) is 4.90 Å². The fraction of sp³-hybridized carbons (Fsp3) is 0.190. The van der Waals surface area contributed by atoms with Crippen LogP contribution in [0.4, 0.5) is 5.69 Å². The van der Waals surface area contributed by atoms with Gasteiger partial charge in [-0.2, -0.15) is 0 Å². The van der Waals surface area contributed by atoms with Crippen molar-refractivity contribution in [3.8, 4) is 5.75 Å². The third kappa shape index (κ3) is 4.66. The number of rotatable bonds is 5. The van der Waals surface area contributed by atoms with Gasteiger partial charge in [-0.1, -0.05) is 48.0 Å². The van der Waals surface area contributed by atoms with E-state index >= 15 is 0 Å². The van der Waals surface area contributed by atoms with Gasteiger partial charge in [0, 0.05) is 4.47 Å². The highest BCUT2D eigenvalue weighted by Gasteiger charge is 2.34. The zero-order chi connectivity index (χ0) is 20.3. The number of hydrogen-bond acceptors (Lipinski definition) is 4. The maximum Gasteiger partial charge on any atom is 0.270 e. The Labute approximate surface area is 177 Å². The predicted octanol–water partition coefficient (Wildman–Crippen LogP) is 4.32. The zero-order valence-electron chi connectivity index (χ0n) is 15.4. The van der Waals surface area contributed by atoms with Crippen molar-refractivity contribution >= 4 is 56.8 Å². The van der Waals surface area contributed by atoms with Crippen LogP contribution in [0.5, 0.6) is 5.75 Å². The Kier molecular flexibility index (Phi) is 6.26. The normalized spacial score (nSPS) is 15.9. The molecule has 1 N–H and O–H groups in total. The van der Waals surface area contributed by atoms with Crippen molar-refractivity contribution < 1.29 is 14.3 Å². The molecule has 0 saturated carbocycles. The summed E-state index contributed by atoms with van der Waals surface area (Å²) >= 11 is 8.59. The molecule has 0 atom stereocenters. The van der Waals surface area contributed by atoms with Gasteiger partial charge in [-0.05, 0) is 60.1 Å². The predicted molar refractivity (Wildman–Crippen MR) is 117 cm³/mol. The van der Waals surface area contributed by atoms with E-state index < -0.39 is 11.8 Å². The third-order valence-electron chi connectivity index (χ3n) is 3.94. The maximum atomic E-state index is 13.0. The lowest BCUT2D eigenvalue weighted by Gasteiger charge is -2.29. The standard InChI is InChI=1S/C21H19BrN2O3S/c1-13(2)12-27-17-8-6-14(7-9-17)10-18-19(25)23-21(28)24(20(18)26)16-5-3-4-15(22)11-16/h3-11,13H,12H2,1-2H3,(H,23,25,28)/b18-10+. The summed E-state index contributed by atoms with van der Waals surface area (Å²) in [5, 5.41) is 2.64. The molecule has 5 nitrogen and oxygen atoms in total. The Morgan fingerprint density at radius 3 is 2.54 bits per heavy atom. The van der Waals surface area contributed by atoms with Gasteiger partial charge in [0.05, 0.1) is 12.3 Å². The first-order valence-electron chi connectivity index (χ1n) is 8.75. The Bertz CT molecular complexity index is 954. The molecular formula is C21H19BrN2O3S. The van der Waals surface area contributed by atoms with Crippen molar-refractivity contribution in [1.82, 2.24) is 5.32 Å². The highest BCUT2D eigenvalue weighted by Crippen LogP contribution is 2.25. The molecule has 2 aromatic rings. The van der Waals surface area contributed by atoms with Crippen LogP contribution in [0.2, 0.25) is 0 Å². The third-order valence-corrected chi connectivity index (χ3v) is 4.72. The molecule has 0 aromatic heterocycles. The number of anilines is 1. The van der Waals surface area contributed by atoms with Crippen molar-refractivity contribution in [2.45, 2.75) is 13.8 Å². The van der Waals surface area contributed by atoms with Crippen LogP contribution in [0.25, 0.3) is 6.08 Å². The van der Waals surface area contributed by atoms with Gasteiger partial charge in [-0.3, -0.25) is 19.8 Å². The van der Waals surface area contributed by atoms with Crippen LogP contribution in [0.3, 0.4) is 0 Å². The van der Waals surface area contributed by atoms with Gasteiger partial charge in [-0.25, -0.2) is 0 Å². The highest BCUT2D eigenvalue weighted by atomic mass is 79.9. The van der Waals surface area contributed by atoms with Crippen molar-refractivity contribution in [2.24, 2.45) is 5.92 Å². The molecule has 1 aliphatic rings. The molecule has 144 valence electrons. The molecular weight excluding hydrogens is 440 g/mol. The van der Waals surface area contributed by atoms with E-state index in [1.807, 2.05) is 18.2 Å². The molecule has 0 bridgehead atoms. The second-order valence-corrected chi connectivity index (χ2v) is 8.01. The summed E-state index contributed by atoms with van der Waals surface area (Å²) in [4.78, 5) is 26.6. The number of carbonyl (C=O) groups excluding carboxylic acids is 2. The number of nitrogens with one attached hydrogen (secondary N) is 1. The zero-order valence-corrected chi connectivity index (χ0v) is 17.8. The molecule has 0 unspecified atom stereocenters. The fourth-order valence-electron chi connectivity index (χ4n) is 2.60. The summed E-state index contributed by atoms with van der Waals surface area (Å²) in [7, 11) is 0. The molecule has 1 heterocycles. The molecule has 2 amide bonds. The molecule has 0 aliphatic carbocycles. The second-order valence-electron chi connectivity index (χ2n) is 6.71. The van der Waals surface area contributed by atoms with E-state index in [1.54, 1.807) is 36.4 Å². The van der Waals surface area contributed by atoms with Gasteiger partial charge in [0.2, 0.25) is 0 Å². The van der Waals surface area contributed by atoms with Gasteiger partial charge in [0.1, 0.15) is 11.3 Å².